The average molecular weight is 332 g/mol. The van der Waals surface area contributed by atoms with Crippen molar-refractivity contribution in [2.24, 2.45) is 0 Å². The maximum atomic E-state index is 12.2. The van der Waals surface area contributed by atoms with E-state index in [4.69, 9.17) is 17.3 Å². The molecule has 1 heterocycles. The average Bonchev–Trinajstić information content (AvgIpc) is 2.41. The van der Waals surface area contributed by atoms with Crippen LogP contribution in [0.5, 0.6) is 0 Å². The Kier molecular flexibility index (Phi) is 4.75. The van der Waals surface area contributed by atoms with Gasteiger partial charge in [-0.1, -0.05) is 11.6 Å². The molecule has 6 nitrogen and oxygen atoms in total. The number of nitrogens with zero attached hydrogens (tertiary/aromatic N) is 1. The highest BCUT2D eigenvalue weighted by Gasteiger charge is 2.26. The Labute approximate surface area is 129 Å². The predicted octanol–water partition coefficient (Wildman–Crippen LogP) is 1.08. The maximum absolute atomic E-state index is 12.2. The van der Waals surface area contributed by atoms with E-state index in [1.165, 1.54) is 16.6 Å². The maximum Gasteiger partial charge on any atom is 0.253 e. The van der Waals surface area contributed by atoms with Crippen molar-refractivity contribution in [2.45, 2.75) is 18.9 Å². The molecule has 1 amide bonds. The van der Waals surface area contributed by atoms with Gasteiger partial charge in [-0.25, -0.2) is 12.7 Å². The first-order chi connectivity index (χ1) is 9.77. The summed E-state index contributed by atoms with van der Waals surface area (Å²) in [5.41, 5.74) is 6.46. The molecule has 1 aromatic rings. The summed E-state index contributed by atoms with van der Waals surface area (Å²) < 4.78 is 24.3. The molecule has 0 atom stereocenters. The van der Waals surface area contributed by atoms with Crippen LogP contribution in [-0.4, -0.2) is 44.0 Å². The van der Waals surface area contributed by atoms with Gasteiger partial charge in [0.2, 0.25) is 10.0 Å². The number of piperidine rings is 1. The van der Waals surface area contributed by atoms with Crippen LogP contribution in [0.15, 0.2) is 18.2 Å². The minimum absolute atomic E-state index is 0.0620. The lowest BCUT2D eigenvalue weighted by Crippen LogP contribution is -2.46. The van der Waals surface area contributed by atoms with Gasteiger partial charge in [-0.05, 0) is 31.0 Å². The van der Waals surface area contributed by atoms with Crippen molar-refractivity contribution in [1.29, 1.82) is 0 Å². The van der Waals surface area contributed by atoms with Gasteiger partial charge in [0, 0.05) is 24.8 Å². The molecule has 21 heavy (non-hydrogen) atoms. The van der Waals surface area contributed by atoms with E-state index in [9.17, 15) is 13.2 Å². The van der Waals surface area contributed by atoms with Crippen molar-refractivity contribution < 1.29 is 13.2 Å². The number of sulfonamides is 1. The Morgan fingerprint density at radius 1 is 1.38 bits per heavy atom. The van der Waals surface area contributed by atoms with Crippen LogP contribution in [0, 0.1) is 0 Å². The number of hydrogen-bond acceptors (Lipinski definition) is 4. The molecular formula is C13H18ClN3O3S. The minimum atomic E-state index is -3.16. The third-order valence-corrected chi connectivity index (χ3v) is 5.13. The third-order valence-electron chi connectivity index (χ3n) is 3.49. The number of carbonyl (C=O) groups is 1. The van der Waals surface area contributed by atoms with Gasteiger partial charge in [0.1, 0.15) is 0 Å². The number of benzene rings is 1. The second-order valence-corrected chi connectivity index (χ2v) is 7.54. The van der Waals surface area contributed by atoms with Crippen LogP contribution in [0.3, 0.4) is 0 Å². The summed E-state index contributed by atoms with van der Waals surface area (Å²) in [5, 5.41) is 3.22. The van der Waals surface area contributed by atoms with Crippen LogP contribution in [0.2, 0.25) is 5.02 Å². The van der Waals surface area contributed by atoms with Crippen LogP contribution in [0.25, 0.3) is 0 Å². The van der Waals surface area contributed by atoms with Gasteiger partial charge in [-0.2, -0.15) is 0 Å². The number of carbonyl (C=O) groups excluding carboxylic acids is 1. The molecule has 116 valence electrons. The number of nitrogen functional groups attached to an aromatic ring is 1. The number of amides is 1. The second kappa shape index (κ2) is 6.21. The Morgan fingerprint density at radius 2 is 2.00 bits per heavy atom. The van der Waals surface area contributed by atoms with Crippen molar-refractivity contribution >= 4 is 33.2 Å². The van der Waals surface area contributed by atoms with Gasteiger partial charge in [0.15, 0.2) is 0 Å². The summed E-state index contributed by atoms with van der Waals surface area (Å²) in [4.78, 5) is 12.2. The van der Waals surface area contributed by atoms with Crippen LogP contribution in [0.4, 0.5) is 5.69 Å². The zero-order valence-electron chi connectivity index (χ0n) is 11.7. The van der Waals surface area contributed by atoms with E-state index < -0.39 is 10.0 Å². The summed E-state index contributed by atoms with van der Waals surface area (Å²) in [6, 6.07) is 4.68. The molecule has 1 fully saturated rings. The van der Waals surface area contributed by atoms with E-state index in [0.717, 1.165) is 0 Å². The number of hydrogen-bond donors (Lipinski definition) is 2. The van der Waals surface area contributed by atoms with Gasteiger partial charge in [-0.3, -0.25) is 4.79 Å². The smallest absolute Gasteiger partial charge is 0.253 e. The minimum Gasteiger partial charge on any atom is -0.399 e. The number of nitrogens with one attached hydrogen (secondary N) is 1. The van der Waals surface area contributed by atoms with Crippen LogP contribution in [-0.2, 0) is 10.0 Å². The molecule has 0 aromatic heterocycles. The van der Waals surface area contributed by atoms with Gasteiger partial charge < -0.3 is 11.1 Å². The SMILES string of the molecule is CS(=O)(=O)N1CCC(NC(=O)c2cc(N)ccc2Cl)CC1. The summed E-state index contributed by atoms with van der Waals surface area (Å²) in [6.45, 7) is 0.822. The second-order valence-electron chi connectivity index (χ2n) is 5.15. The molecule has 0 radical (unpaired) electrons. The molecule has 0 unspecified atom stereocenters. The highest BCUT2D eigenvalue weighted by atomic mass is 35.5. The van der Waals surface area contributed by atoms with E-state index in [1.54, 1.807) is 12.1 Å². The molecule has 0 saturated carbocycles. The van der Waals surface area contributed by atoms with E-state index in [1.807, 2.05) is 0 Å². The Bertz CT molecular complexity index is 640. The molecular weight excluding hydrogens is 314 g/mol. The van der Waals surface area contributed by atoms with Crippen molar-refractivity contribution in [3.05, 3.63) is 28.8 Å². The van der Waals surface area contributed by atoms with Crippen LogP contribution >= 0.6 is 11.6 Å². The molecule has 1 aromatic carbocycles. The molecule has 1 aliphatic heterocycles. The van der Waals surface area contributed by atoms with Gasteiger partial charge >= 0.3 is 0 Å². The Hall–Kier alpha value is -1.31. The fourth-order valence-corrected chi connectivity index (χ4v) is 3.39. The molecule has 1 saturated heterocycles. The molecule has 0 spiro atoms. The fraction of sp³-hybridized carbons (Fsp3) is 0.462. The number of rotatable bonds is 3. The lowest BCUT2D eigenvalue weighted by molar-refractivity contribution is 0.0924. The molecule has 1 aliphatic rings. The molecule has 2 rings (SSSR count). The Balaban J connectivity index is 1.97. The van der Waals surface area contributed by atoms with Crippen molar-refractivity contribution in [2.75, 3.05) is 25.1 Å². The topological polar surface area (TPSA) is 92.5 Å². The summed E-state index contributed by atoms with van der Waals surface area (Å²) in [6.07, 6.45) is 2.36. The largest absolute Gasteiger partial charge is 0.399 e. The zero-order chi connectivity index (χ0) is 15.6. The predicted molar refractivity (Wildman–Crippen MR) is 82.8 cm³/mol. The van der Waals surface area contributed by atoms with Gasteiger partial charge in [-0.15, -0.1) is 0 Å². The standard InChI is InChI=1S/C13H18ClN3O3S/c1-21(19,20)17-6-4-10(5-7-17)16-13(18)11-8-9(15)2-3-12(11)14/h2-3,8,10H,4-7,15H2,1H3,(H,16,18). The molecule has 0 aliphatic carbocycles. The number of halogens is 1. The highest BCUT2D eigenvalue weighted by molar-refractivity contribution is 7.88. The quantitative estimate of drug-likeness (QED) is 0.810. The highest BCUT2D eigenvalue weighted by Crippen LogP contribution is 2.20. The van der Waals surface area contributed by atoms with Gasteiger partial charge in [0.25, 0.3) is 5.91 Å². The lowest BCUT2D eigenvalue weighted by Gasteiger charge is -2.30. The van der Waals surface area contributed by atoms with Gasteiger partial charge in [0.05, 0.1) is 16.8 Å². The van der Waals surface area contributed by atoms with Crippen LogP contribution < -0.4 is 11.1 Å². The van der Waals surface area contributed by atoms with Crippen molar-refractivity contribution in [3.8, 4) is 0 Å². The van der Waals surface area contributed by atoms with E-state index in [0.29, 0.717) is 42.2 Å². The summed E-state index contributed by atoms with van der Waals surface area (Å²) >= 11 is 5.99. The molecule has 8 heteroatoms. The first-order valence-corrected chi connectivity index (χ1v) is 8.81. The lowest BCUT2D eigenvalue weighted by atomic mass is 10.1. The van der Waals surface area contributed by atoms with E-state index >= 15 is 0 Å². The molecule has 0 bridgehead atoms. The van der Waals surface area contributed by atoms with E-state index in [2.05, 4.69) is 5.32 Å². The van der Waals surface area contributed by atoms with Crippen molar-refractivity contribution in [1.82, 2.24) is 9.62 Å². The Morgan fingerprint density at radius 3 is 2.57 bits per heavy atom. The zero-order valence-corrected chi connectivity index (χ0v) is 13.2. The molecule has 3 N–H and O–H groups in total. The number of nitrogens with two attached hydrogens (primary N) is 1. The van der Waals surface area contributed by atoms with E-state index in [-0.39, 0.29) is 11.9 Å². The first-order valence-electron chi connectivity index (χ1n) is 6.58. The number of anilines is 1. The normalized spacial score (nSPS) is 17.6. The first kappa shape index (κ1) is 16.1. The third kappa shape index (κ3) is 4.09. The van der Waals surface area contributed by atoms with Crippen molar-refractivity contribution in [3.63, 3.8) is 0 Å². The summed E-state index contributed by atoms with van der Waals surface area (Å²) in [7, 11) is -3.16. The summed E-state index contributed by atoms with van der Waals surface area (Å²) in [5.74, 6) is -0.287. The monoisotopic (exact) mass is 331 g/mol. The fourth-order valence-electron chi connectivity index (χ4n) is 2.31. The van der Waals surface area contributed by atoms with Crippen LogP contribution in [0.1, 0.15) is 23.2 Å².